The number of aromatic nitrogens is 3. The van der Waals surface area contributed by atoms with Crippen molar-refractivity contribution in [3.8, 4) is 0 Å². The molecular formula is C26H33N3O2. The Morgan fingerprint density at radius 2 is 2.03 bits per heavy atom. The number of carbonyl (C=O) groups is 1. The van der Waals surface area contributed by atoms with E-state index >= 15 is 0 Å². The summed E-state index contributed by atoms with van der Waals surface area (Å²) in [5.41, 5.74) is 3.53. The number of carbonyl (C=O) groups excluding carboxylic acids is 1. The number of hydrogen-bond acceptors (Lipinski definition) is 3. The summed E-state index contributed by atoms with van der Waals surface area (Å²) in [6.45, 7) is 9.05. The van der Waals surface area contributed by atoms with Gasteiger partial charge in [-0.1, -0.05) is 64.0 Å². The highest BCUT2D eigenvalue weighted by atomic mass is 16.5. The average Bonchev–Trinajstić information content (AvgIpc) is 3.09. The third-order valence-corrected chi connectivity index (χ3v) is 8.71. The Labute approximate surface area is 184 Å². The van der Waals surface area contributed by atoms with Crippen molar-refractivity contribution in [1.82, 2.24) is 9.90 Å². The second-order valence-electron chi connectivity index (χ2n) is 10.7. The normalized spacial score (nSPS) is 32.9. The van der Waals surface area contributed by atoms with Gasteiger partial charge in [-0.3, -0.25) is 4.79 Å². The van der Waals surface area contributed by atoms with Gasteiger partial charge in [0.1, 0.15) is 0 Å². The molecular weight excluding hydrogens is 386 g/mol. The van der Waals surface area contributed by atoms with Crippen molar-refractivity contribution in [2.24, 2.45) is 28.6 Å². The highest BCUT2D eigenvalue weighted by Crippen LogP contribution is 2.62. The third-order valence-electron chi connectivity index (χ3n) is 8.71. The van der Waals surface area contributed by atoms with E-state index in [1.54, 1.807) is 17.7 Å². The van der Waals surface area contributed by atoms with E-state index in [-0.39, 0.29) is 17.2 Å². The van der Waals surface area contributed by atoms with Gasteiger partial charge in [-0.25, -0.2) is 0 Å². The van der Waals surface area contributed by atoms with Crippen LogP contribution in [0.15, 0.2) is 47.6 Å². The maximum absolute atomic E-state index is 13.9. The third kappa shape index (κ3) is 2.92. The molecule has 1 aromatic heterocycles. The van der Waals surface area contributed by atoms with Crippen LogP contribution < -0.4 is 4.85 Å². The van der Waals surface area contributed by atoms with Crippen LogP contribution in [0, 0.1) is 33.8 Å². The topological polar surface area (TPSA) is 61.8 Å². The maximum atomic E-state index is 13.9. The standard InChI is InChI=1S/C26H33N3O2/c1-17(2)18-10-12-20-19(16-18)11-13-23-25(20,3)14-7-15-26(23,4)24(30)28-27-21-8-5-6-9-22(21)29(28)31/h5-6,8-9,11,16-17,20,23H,7,10,12-15H2,1-4H3. The van der Waals surface area contributed by atoms with Gasteiger partial charge in [-0.2, -0.15) is 0 Å². The molecule has 1 saturated carbocycles. The fourth-order valence-electron chi connectivity index (χ4n) is 6.91. The number of hydrogen-bond donors (Lipinski definition) is 0. The zero-order valence-corrected chi connectivity index (χ0v) is 19.1. The van der Waals surface area contributed by atoms with Crippen LogP contribution in [0.4, 0.5) is 0 Å². The molecule has 5 heteroatoms. The molecule has 0 radical (unpaired) electrons. The van der Waals surface area contributed by atoms with E-state index in [1.165, 1.54) is 12.0 Å². The zero-order valence-electron chi connectivity index (χ0n) is 19.1. The molecule has 2 aromatic rings. The van der Waals surface area contributed by atoms with Crippen LogP contribution in [0.25, 0.3) is 11.0 Å². The van der Waals surface area contributed by atoms with Gasteiger partial charge < -0.3 is 5.21 Å². The van der Waals surface area contributed by atoms with Crippen LogP contribution in [0.2, 0.25) is 0 Å². The SMILES string of the molecule is CC(C)C1=CC2=CCC3C(C)(C(=O)n4nc5ccccc5[n+]4[O-])CCCC3(C)C2CC1. The molecule has 0 N–H and O–H groups in total. The van der Waals surface area contributed by atoms with Crippen LogP contribution in [0.1, 0.15) is 71.0 Å². The summed E-state index contributed by atoms with van der Waals surface area (Å²) in [6, 6.07) is 7.17. The molecule has 5 nitrogen and oxygen atoms in total. The van der Waals surface area contributed by atoms with E-state index in [9.17, 15) is 10.0 Å². The first kappa shape index (κ1) is 20.5. The number of rotatable bonds is 2. The Balaban J connectivity index is 1.55. The van der Waals surface area contributed by atoms with Crippen molar-refractivity contribution < 1.29 is 9.64 Å². The van der Waals surface area contributed by atoms with Gasteiger partial charge in [0.15, 0.2) is 0 Å². The van der Waals surface area contributed by atoms with E-state index in [0.29, 0.717) is 27.7 Å². The Morgan fingerprint density at radius 1 is 1.26 bits per heavy atom. The second-order valence-corrected chi connectivity index (χ2v) is 10.7. The van der Waals surface area contributed by atoms with Gasteiger partial charge in [0.25, 0.3) is 0 Å². The Bertz CT molecular complexity index is 1110. The summed E-state index contributed by atoms with van der Waals surface area (Å²) in [6.07, 6.45) is 11.0. The first-order valence-corrected chi connectivity index (χ1v) is 11.8. The number of nitrogens with zero attached hydrogens (tertiary/aromatic N) is 3. The molecule has 0 bridgehead atoms. The molecule has 1 heterocycles. The first-order chi connectivity index (χ1) is 14.8. The Kier molecular flexibility index (Phi) is 4.65. The van der Waals surface area contributed by atoms with Crippen molar-refractivity contribution in [2.45, 2.75) is 66.2 Å². The molecule has 1 aromatic carbocycles. The van der Waals surface area contributed by atoms with E-state index < -0.39 is 5.41 Å². The summed E-state index contributed by atoms with van der Waals surface area (Å²) in [4.78, 5) is 15.6. The Morgan fingerprint density at radius 3 is 2.77 bits per heavy atom. The summed E-state index contributed by atoms with van der Waals surface area (Å²) >= 11 is 0. The molecule has 0 amide bonds. The average molecular weight is 420 g/mol. The largest absolute Gasteiger partial charge is 0.692 e. The first-order valence-electron chi connectivity index (χ1n) is 11.8. The molecule has 3 aliphatic carbocycles. The van der Waals surface area contributed by atoms with Crippen molar-refractivity contribution in [3.05, 3.63) is 52.8 Å². The molecule has 0 aliphatic heterocycles. The zero-order chi connectivity index (χ0) is 22.0. The Hall–Kier alpha value is -2.43. The van der Waals surface area contributed by atoms with Gasteiger partial charge in [-0.05, 0) is 73.0 Å². The molecule has 5 rings (SSSR count). The van der Waals surface area contributed by atoms with Crippen LogP contribution in [0.5, 0.6) is 0 Å². The highest BCUT2D eigenvalue weighted by Gasteiger charge is 2.58. The molecule has 3 aliphatic rings. The van der Waals surface area contributed by atoms with Gasteiger partial charge in [-0.15, -0.1) is 4.85 Å². The van der Waals surface area contributed by atoms with Crippen molar-refractivity contribution in [2.75, 3.05) is 0 Å². The highest BCUT2D eigenvalue weighted by molar-refractivity contribution is 5.85. The smallest absolute Gasteiger partial charge is 0.312 e. The van der Waals surface area contributed by atoms with Crippen molar-refractivity contribution in [3.63, 3.8) is 0 Å². The van der Waals surface area contributed by atoms with E-state index in [0.717, 1.165) is 36.9 Å². The number of benzene rings is 1. The van der Waals surface area contributed by atoms with E-state index in [4.69, 9.17) is 0 Å². The molecule has 4 unspecified atom stereocenters. The monoisotopic (exact) mass is 419 g/mol. The fourth-order valence-corrected chi connectivity index (χ4v) is 6.91. The summed E-state index contributed by atoms with van der Waals surface area (Å²) < 4.78 is 0. The number of para-hydroxylation sites is 1. The van der Waals surface area contributed by atoms with E-state index in [1.807, 2.05) is 12.1 Å². The van der Waals surface area contributed by atoms with Gasteiger partial charge >= 0.3 is 5.91 Å². The molecule has 164 valence electrons. The lowest BCUT2D eigenvalue weighted by atomic mass is 9.46. The predicted molar refractivity (Wildman–Crippen MR) is 121 cm³/mol. The van der Waals surface area contributed by atoms with Crippen molar-refractivity contribution >= 4 is 16.9 Å². The van der Waals surface area contributed by atoms with Gasteiger partial charge in [0, 0.05) is 4.80 Å². The molecule has 31 heavy (non-hydrogen) atoms. The minimum Gasteiger partial charge on any atom is -0.692 e. The number of fused-ring (bicyclic) bond motifs is 4. The summed E-state index contributed by atoms with van der Waals surface area (Å²) in [7, 11) is 0. The fraction of sp³-hybridized carbons (Fsp3) is 0.577. The lowest BCUT2D eigenvalue weighted by molar-refractivity contribution is -0.662. The van der Waals surface area contributed by atoms with Crippen LogP contribution in [-0.4, -0.2) is 15.8 Å². The quantitative estimate of drug-likeness (QED) is 0.481. The lowest BCUT2D eigenvalue weighted by Crippen LogP contribution is -2.57. The second kappa shape index (κ2) is 7.04. The maximum Gasteiger partial charge on any atom is 0.312 e. The summed E-state index contributed by atoms with van der Waals surface area (Å²) in [5, 5.41) is 17.3. The molecule has 0 saturated heterocycles. The van der Waals surface area contributed by atoms with Crippen LogP contribution in [0.3, 0.4) is 0 Å². The minimum absolute atomic E-state index is 0.0754. The van der Waals surface area contributed by atoms with Gasteiger partial charge in [0.2, 0.25) is 11.0 Å². The number of allylic oxidation sites excluding steroid dienone is 4. The summed E-state index contributed by atoms with van der Waals surface area (Å²) in [5.74, 6) is 1.15. The van der Waals surface area contributed by atoms with Crippen LogP contribution >= 0.6 is 0 Å². The molecule has 1 fully saturated rings. The lowest BCUT2D eigenvalue weighted by Gasteiger charge is -2.57. The van der Waals surface area contributed by atoms with Gasteiger partial charge in [0.05, 0.1) is 10.5 Å². The molecule has 0 spiro atoms. The predicted octanol–water partition coefficient (Wildman–Crippen LogP) is 5.45. The van der Waals surface area contributed by atoms with Crippen LogP contribution in [-0.2, 0) is 0 Å². The minimum atomic E-state index is -0.592. The van der Waals surface area contributed by atoms with E-state index in [2.05, 4.69) is 44.9 Å². The van der Waals surface area contributed by atoms with Crippen molar-refractivity contribution in [1.29, 1.82) is 0 Å². The molecule has 4 atom stereocenters.